The number of likely N-dealkylation sites (N-methyl/N-ethyl adjacent to an activating group) is 1. The Balaban J connectivity index is 1.84. The number of rotatable bonds is 4. The van der Waals surface area contributed by atoms with E-state index in [2.05, 4.69) is 16.0 Å². The lowest BCUT2D eigenvalue weighted by Crippen LogP contribution is -2.41. The summed E-state index contributed by atoms with van der Waals surface area (Å²) in [7, 11) is 1.39. The quantitative estimate of drug-likeness (QED) is 0.656. The fourth-order valence-corrected chi connectivity index (χ4v) is 2.76. The summed E-state index contributed by atoms with van der Waals surface area (Å²) in [6.45, 7) is 0. The lowest BCUT2D eigenvalue weighted by Gasteiger charge is -2.19. The minimum absolute atomic E-state index is 0.126. The maximum Gasteiger partial charge on any atom is 0.320 e. The van der Waals surface area contributed by atoms with Crippen molar-refractivity contribution in [3.63, 3.8) is 0 Å². The molecule has 3 amide bonds. The lowest BCUT2D eigenvalue weighted by atomic mass is 10.1. The summed E-state index contributed by atoms with van der Waals surface area (Å²) in [6, 6.07) is 14.1. The van der Waals surface area contributed by atoms with Gasteiger partial charge in [-0.15, -0.1) is 0 Å². The minimum Gasteiger partial charge on any atom is -0.357 e. The Morgan fingerprint density at radius 1 is 0.926 bits per heavy atom. The van der Waals surface area contributed by atoms with Gasteiger partial charge in [-0.1, -0.05) is 42.5 Å². The lowest BCUT2D eigenvalue weighted by molar-refractivity contribution is -0.122. The molecule has 3 N–H and O–H groups in total. The SMILES string of the molecule is CNC(=O)C(NC(=O)Nc1cccc2ccccc12)c1ccc(F)c(F)c1. The maximum absolute atomic E-state index is 13.5. The molecule has 0 heterocycles. The third kappa shape index (κ3) is 4.03. The first-order valence-electron chi connectivity index (χ1n) is 8.21. The number of fused-ring (bicyclic) bond motifs is 1. The van der Waals surface area contributed by atoms with Gasteiger partial charge in [0.25, 0.3) is 0 Å². The smallest absolute Gasteiger partial charge is 0.320 e. The molecule has 0 spiro atoms. The summed E-state index contributed by atoms with van der Waals surface area (Å²) < 4.78 is 26.7. The van der Waals surface area contributed by atoms with Crippen molar-refractivity contribution in [2.75, 3.05) is 12.4 Å². The molecule has 0 aromatic heterocycles. The number of urea groups is 1. The predicted molar refractivity (Wildman–Crippen MR) is 99.3 cm³/mol. The summed E-state index contributed by atoms with van der Waals surface area (Å²) in [6.07, 6.45) is 0. The molecule has 138 valence electrons. The van der Waals surface area contributed by atoms with Gasteiger partial charge in [-0.25, -0.2) is 13.6 Å². The molecule has 7 heteroatoms. The summed E-state index contributed by atoms with van der Waals surface area (Å²) >= 11 is 0. The predicted octanol–water partition coefficient (Wildman–Crippen LogP) is 3.73. The number of hydrogen-bond donors (Lipinski definition) is 3. The molecule has 0 aliphatic carbocycles. The van der Waals surface area contributed by atoms with Gasteiger partial charge in [-0.2, -0.15) is 0 Å². The molecule has 0 bridgehead atoms. The van der Waals surface area contributed by atoms with Gasteiger partial charge in [0.15, 0.2) is 11.6 Å². The van der Waals surface area contributed by atoms with Crippen LogP contribution in [0.25, 0.3) is 10.8 Å². The zero-order valence-corrected chi connectivity index (χ0v) is 14.4. The second-order valence-electron chi connectivity index (χ2n) is 5.85. The zero-order chi connectivity index (χ0) is 19.4. The Hall–Kier alpha value is -3.48. The monoisotopic (exact) mass is 369 g/mol. The molecule has 0 saturated carbocycles. The van der Waals surface area contributed by atoms with Crippen LogP contribution in [-0.4, -0.2) is 19.0 Å². The Labute approximate surface area is 154 Å². The molecule has 0 fully saturated rings. The van der Waals surface area contributed by atoms with Crippen molar-refractivity contribution in [1.82, 2.24) is 10.6 Å². The van der Waals surface area contributed by atoms with Gasteiger partial charge in [0.1, 0.15) is 6.04 Å². The normalized spacial score (nSPS) is 11.7. The molecule has 3 aromatic carbocycles. The highest BCUT2D eigenvalue weighted by atomic mass is 19.2. The van der Waals surface area contributed by atoms with E-state index in [1.54, 1.807) is 12.1 Å². The van der Waals surface area contributed by atoms with E-state index in [1.807, 2.05) is 30.3 Å². The van der Waals surface area contributed by atoms with Gasteiger partial charge < -0.3 is 16.0 Å². The van der Waals surface area contributed by atoms with Crippen LogP contribution in [0.4, 0.5) is 19.3 Å². The molecule has 3 aromatic rings. The average Bonchev–Trinajstić information content (AvgIpc) is 2.68. The van der Waals surface area contributed by atoms with Crippen molar-refractivity contribution in [2.45, 2.75) is 6.04 Å². The molecule has 0 radical (unpaired) electrons. The average molecular weight is 369 g/mol. The molecule has 0 aliphatic heterocycles. The van der Waals surface area contributed by atoms with E-state index in [9.17, 15) is 18.4 Å². The van der Waals surface area contributed by atoms with Crippen LogP contribution in [0, 0.1) is 11.6 Å². The Morgan fingerprint density at radius 2 is 1.67 bits per heavy atom. The van der Waals surface area contributed by atoms with Crippen LogP contribution in [0.1, 0.15) is 11.6 Å². The van der Waals surface area contributed by atoms with E-state index in [4.69, 9.17) is 0 Å². The van der Waals surface area contributed by atoms with Crippen LogP contribution < -0.4 is 16.0 Å². The highest BCUT2D eigenvalue weighted by Gasteiger charge is 2.23. The van der Waals surface area contributed by atoms with Gasteiger partial charge in [0, 0.05) is 12.4 Å². The van der Waals surface area contributed by atoms with Crippen LogP contribution in [0.2, 0.25) is 0 Å². The summed E-state index contributed by atoms with van der Waals surface area (Å²) in [5.41, 5.74) is 0.688. The topological polar surface area (TPSA) is 70.2 Å². The van der Waals surface area contributed by atoms with Crippen LogP contribution in [0.3, 0.4) is 0 Å². The number of carbonyl (C=O) groups is 2. The third-order valence-electron chi connectivity index (χ3n) is 4.10. The summed E-state index contributed by atoms with van der Waals surface area (Å²) in [5, 5.41) is 9.36. The second-order valence-corrected chi connectivity index (χ2v) is 5.85. The van der Waals surface area contributed by atoms with Gasteiger partial charge in [0.2, 0.25) is 5.91 Å². The van der Waals surface area contributed by atoms with E-state index in [-0.39, 0.29) is 5.56 Å². The fraction of sp³-hybridized carbons (Fsp3) is 0.100. The van der Waals surface area contributed by atoms with E-state index in [1.165, 1.54) is 13.1 Å². The van der Waals surface area contributed by atoms with Crippen molar-refractivity contribution < 1.29 is 18.4 Å². The van der Waals surface area contributed by atoms with Crippen LogP contribution in [0.15, 0.2) is 60.7 Å². The molecule has 0 saturated heterocycles. The molecular formula is C20H17F2N3O2. The zero-order valence-electron chi connectivity index (χ0n) is 14.4. The highest BCUT2D eigenvalue weighted by Crippen LogP contribution is 2.23. The molecule has 5 nitrogen and oxygen atoms in total. The Morgan fingerprint density at radius 3 is 2.41 bits per heavy atom. The van der Waals surface area contributed by atoms with Crippen LogP contribution >= 0.6 is 0 Å². The highest BCUT2D eigenvalue weighted by molar-refractivity contribution is 6.02. The summed E-state index contributed by atoms with van der Waals surface area (Å²) in [5.74, 6) is -2.69. The van der Waals surface area contributed by atoms with E-state index < -0.39 is 29.6 Å². The van der Waals surface area contributed by atoms with Crippen molar-refractivity contribution in [1.29, 1.82) is 0 Å². The second kappa shape index (κ2) is 7.82. The largest absolute Gasteiger partial charge is 0.357 e. The van der Waals surface area contributed by atoms with Crippen molar-refractivity contribution >= 4 is 28.4 Å². The molecule has 1 unspecified atom stereocenters. The Kier molecular flexibility index (Phi) is 5.30. The van der Waals surface area contributed by atoms with Gasteiger partial charge in [0.05, 0.1) is 5.69 Å². The molecule has 3 rings (SSSR count). The standard InChI is InChI=1S/C20H17F2N3O2/c1-23-19(26)18(13-9-10-15(21)16(22)11-13)25-20(27)24-17-8-4-6-12-5-2-3-7-14(12)17/h2-11,18H,1H3,(H,23,26)(H2,24,25,27). The maximum atomic E-state index is 13.5. The van der Waals surface area contributed by atoms with Crippen molar-refractivity contribution in [3.8, 4) is 0 Å². The number of carbonyl (C=O) groups excluding carboxylic acids is 2. The number of hydrogen-bond acceptors (Lipinski definition) is 2. The van der Waals surface area contributed by atoms with Crippen LogP contribution in [-0.2, 0) is 4.79 Å². The van der Waals surface area contributed by atoms with Gasteiger partial charge in [-0.05, 0) is 29.1 Å². The first-order valence-corrected chi connectivity index (χ1v) is 8.21. The fourth-order valence-electron chi connectivity index (χ4n) is 2.76. The number of nitrogens with one attached hydrogen (secondary N) is 3. The number of amides is 3. The van der Waals surface area contributed by atoms with Crippen molar-refractivity contribution in [2.24, 2.45) is 0 Å². The molecule has 0 aliphatic rings. The number of benzene rings is 3. The van der Waals surface area contributed by atoms with E-state index >= 15 is 0 Å². The van der Waals surface area contributed by atoms with Crippen LogP contribution in [0.5, 0.6) is 0 Å². The third-order valence-corrected chi connectivity index (χ3v) is 4.10. The summed E-state index contributed by atoms with van der Waals surface area (Å²) in [4.78, 5) is 24.6. The molecule has 1 atom stereocenters. The number of halogens is 2. The Bertz CT molecular complexity index is 1000. The van der Waals surface area contributed by atoms with Gasteiger partial charge in [-0.3, -0.25) is 4.79 Å². The van der Waals surface area contributed by atoms with Gasteiger partial charge >= 0.3 is 6.03 Å². The van der Waals surface area contributed by atoms with E-state index in [0.29, 0.717) is 5.69 Å². The first kappa shape index (κ1) is 18.3. The minimum atomic E-state index is -1.18. The molecule has 27 heavy (non-hydrogen) atoms. The first-order chi connectivity index (χ1) is 13.0. The van der Waals surface area contributed by atoms with E-state index in [0.717, 1.165) is 22.9 Å². The molecular weight excluding hydrogens is 352 g/mol. The number of anilines is 1. The van der Waals surface area contributed by atoms with Crippen molar-refractivity contribution in [3.05, 3.63) is 77.9 Å².